The third-order valence-electron chi connectivity index (χ3n) is 6.33. The van der Waals surface area contributed by atoms with Crippen LogP contribution in [0.1, 0.15) is 42.9 Å². The lowest BCUT2D eigenvalue weighted by Gasteiger charge is -2.19. The largest absolute Gasteiger partial charge is 0.497 e. The molecule has 0 aliphatic heterocycles. The molecule has 0 bridgehead atoms. The van der Waals surface area contributed by atoms with Crippen molar-refractivity contribution < 1.29 is 18.7 Å². The van der Waals surface area contributed by atoms with Gasteiger partial charge in [0, 0.05) is 48.6 Å². The molecule has 0 aliphatic carbocycles. The topological polar surface area (TPSA) is 52.5 Å². The van der Waals surface area contributed by atoms with Crippen LogP contribution in [0.4, 0.5) is 4.39 Å². The number of fused-ring (bicyclic) bond motifs is 1. The minimum Gasteiger partial charge on any atom is -0.497 e. The number of ether oxygens (including phenoxy) is 2. The molecule has 0 spiro atoms. The van der Waals surface area contributed by atoms with Crippen LogP contribution >= 0.6 is 0 Å². The summed E-state index contributed by atoms with van der Waals surface area (Å²) in [5, 5.41) is 4.14. The SMILES string of the molecule is COc1cc(OC)cc([C@H](CC(=O)NCC(C)C)c2cn(Cc3ccc(F)cc3)c3ccccc23)c1. The van der Waals surface area contributed by atoms with Crippen LogP contribution in [-0.4, -0.2) is 31.2 Å². The summed E-state index contributed by atoms with van der Waals surface area (Å²) in [6.45, 7) is 5.37. The molecule has 4 rings (SSSR count). The molecule has 3 aromatic carbocycles. The monoisotopic (exact) mass is 488 g/mol. The van der Waals surface area contributed by atoms with E-state index in [1.54, 1.807) is 26.4 Å². The zero-order valence-electron chi connectivity index (χ0n) is 21.3. The average molecular weight is 489 g/mol. The second-order valence-corrected chi connectivity index (χ2v) is 9.46. The van der Waals surface area contributed by atoms with Crippen molar-refractivity contribution in [2.24, 2.45) is 5.92 Å². The maximum atomic E-state index is 13.5. The summed E-state index contributed by atoms with van der Waals surface area (Å²) in [5.74, 6) is 1.23. The summed E-state index contributed by atoms with van der Waals surface area (Å²) in [7, 11) is 3.24. The van der Waals surface area contributed by atoms with Crippen LogP contribution in [-0.2, 0) is 11.3 Å². The van der Waals surface area contributed by atoms with Gasteiger partial charge >= 0.3 is 0 Å². The van der Waals surface area contributed by atoms with Gasteiger partial charge < -0.3 is 19.4 Å². The van der Waals surface area contributed by atoms with Gasteiger partial charge in [-0.25, -0.2) is 4.39 Å². The Balaban J connectivity index is 1.81. The molecule has 188 valence electrons. The molecule has 0 fully saturated rings. The van der Waals surface area contributed by atoms with Crippen molar-refractivity contribution in [3.63, 3.8) is 0 Å². The molecule has 0 aliphatic rings. The summed E-state index contributed by atoms with van der Waals surface area (Å²) >= 11 is 0. The number of halogens is 1. The Morgan fingerprint density at radius 2 is 1.64 bits per heavy atom. The van der Waals surface area contributed by atoms with E-state index in [2.05, 4.69) is 42.1 Å². The van der Waals surface area contributed by atoms with Crippen molar-refractivity contribution in [2.45, 2.75) is 32.7 Å². The van der Waals surface area contributed by atoms with E-state index in [-0.39, 0.29) is 24.1 Å². The zero-order valence-corrected chi connectivity index (χ0v) is 21.3. The van der Waals surface area contributed by atoms with Crippen LogP contribution in [0.3, 0.4) is 0 Å². The first kappa shape index (κ1) is 25.3. The number of hydrogen-bond donors (Lipinski definition) is 1. The summed E-state index contributed by atoms with van der Waals surface area (Å²) in [5.41, 5.74) is 4.04. The lowest BCUT2D eigenvalue weighted by Crippen LogP contribution is -2.28. The van der Waals surface area contributed by atoms with Crippen LogP contribution in [0.25, 0.3) is 10.9 Å². The van der Waals surface area contributed by atoms with E-state index in [1.807, 2.05) is 30.3 Å². The normalized spacial score (nSPS) is 12.1. The van der Waals surface area contributed by atoms with Gasteiger partial charge in [0.2, 0.25) is 5.91 Å². The summed E-state index contributed by atoms with van der Waals surface area (Å²) in [6.07, 6.45) is 2.40. The number of carbonyl (C=O) groups excluding carboxylic acids is 1. The Morgan fingerprint density at radius 3 is 2.28 bits per heavy atom. The fraction of sp³-hybridized carbons (Fsp3) is 0.300. The standard InChI is InChI=1S/C30H33FN2O3/c1-20(2)17-32-30(34)16-27(22-13-24(35-3)15-25(14-22)36-4)28-19-33(29-8-6-5-7-26(28)29)18-21-9-11-23(31)12-10-21/h5-15,19-20,27H,16-18H2,1-4H3,(H,32,34)/t27-/m0/s1. The number of benzene rings is 3. The maximum absolute atomic E-state index is 13.5. The van der Waals surface area contributed by atoms with E-state index in [4.69, 9.17) is 9.47 Å². The number of amides is 1. The predicted octanol–water partition coefficient (Wildman–Crippen LogP) is 6.14. The van der Waals surface area contributed by atoms with Crippen molar-refractivity contribution in [2.75, 3.05) is 20.8 Å². The molecule has 0 saturated carbocycles. The molecule has 0 radical (unpaired) electrons. The van der Waals surface area contributed by atoms with Gasteiger partial charge in [-0.1, -0.05) is 44.2 Å². The van der Waals surface area contributed by atoms with Crippen molar-refractivity contribution in [3.8, 4) is 11.5 Å². The molecule has 0 unspecified atom stereocenters. The lowest BCUT2D eigenvalue weighted by atomic mass is 9.87. The van der Waals surface area contributed by atoms with E-state index in [0.717, 1.165) is 27.6 Å². The van der Waals surface area contributed by atoms with Gasteiger partial charge in [0.15, 0.2) is 0 Å². The lowest BCUT2D eigenvalue weighted by molar-refractivity contribution is -0.121. The Hall–Kier alpha value is -3.80. The van der Waals surface area contributed by atoms with Crippen LogP contribution in [0, 0.1) is 11.7 Å². The quantitative estimate of drug-likeness (QED) is 0.292. The first-order chi connectivity index (χ1) is 17.4. The van der Waals surface area contributed by atoms with Crippen molar-refractivity contribution in [1.29, 1.82) is 0 Å². The minimum absolute atomic E-state index is 0.00847. The molecule has 1 aromatic heterocycles. The highest BCUT2D eigenvalue weighted by molar-refractivity contribution is 5.87. The molecule has 6 heteroatoms. The summed E-state index contributed by atoms with van der Waals surface area (Å²) in [6, 6.07) is 20.5. The smallest absolute Gasteiger partial charge is 0.220 e. The molecular formula is C30H33FN2O3. The number of rotatable bonds is 10. The van der Waals surface area contributed by atoms with Gasteiger partial charge in [0.05, 0.1) is 14.2 Å². The molecule has 1 N–H and O–H groups in total. The number of carbonyl (C=O) groups is 1. The number of nitrogens with one attached hydrogen (secondary N) is 1. The number of hydrogen-bond acceptors (Lipinski definition) is 3. The van der Waals surface area contributed by atoms with E-state index in [1.165, 1.54) is 12.1 Å². The van der Waals surface area contributed by atoms with Gasteiger partial charge in [-0.3, -0.25) is 4.79 Å². The van der Waals surface area contributed by atoms with Gasteiger partial charge in [-0.2, -0.15) is 0 Å². The van der Waals surface area contributed by atoms with E-state index < -0.39 is 0 Å². The number of methoxy groups -OCH3 is 2. The summed E-state index contributed by atoms with van der Waals surface area (Å²) in [4.78, 5) is 13.1. The van der Waals surface area contributed by atoms with Gasteiger partial charge in [0.1, 0.15) is 17.3 Å². The van der Waals surface area contributed by atoms with E-state index >= 15 is 0 Å². The highest BCUT2D eigenvalue weighted by atomic mass is 19.1. The Kier molecular flexibility index (Phi) is 7.93. The molecule has 1 atom stereocenters. The highest BCUT2D eigenvalue weighted by Gasteiger charge is 2.24. The Bertz CT molecular complexity index is 1310. The average Bonchev–Trinajstić information content (AvgIpc) is 3.25. The van der Waals surface area contributed by atoms with Crippen LogP contribution < -0.4 is 14.8 Å². The van der Waals surface area contributed by atoms with Crippen LogP contribution in [0.15, 0.2) is 72.9 Å². The van der Waals surface area contributed by atoms with Gasteiger partial charge in [0.25, 0.3) is 0 Å². The Morgan fingerprint density at radius 1 is 0.972 bits per heavy atom. The second-order valence-electron chi connectivity index (χ2n) is 9.46. The highest BCUT2D eigenvalue weighted by Crippen LogP contribution is 2.38. The fourth-order valence-corrected chi connectivity index (χ4v) is 4.48. The number of aromatic nitrogens is 1. The molecule has 0 saturated heterocycles. The van der Waals surface area contributed by atoms with Crippen LogP contribution in [0.5, 0.6) is 11.5 Å². The Labute approximate surface area is 211 Å². The number of nitrogens with zero attached hydrogens (tertiary/aromatic N) is 1. The first-order valence-corrected chi connectivity index (χ1v) is 12.2. The second kappa shape index (κ2) is 11.3. The van der Waals surface area contributed by atoms with Crippen molar-refractivity contribution >= 4 is 16.8 Å². The number of para-hydroxylation sites is 1. The van der Waals surface area contributed by atoms with Crippen LogP contribution in [0.2, 0.25) is 0 Å². The van der Waals surface area contributed by atoms with E-state index in [0.29, 0.717) is 30.5 Å². The molecular weight excluding hydrogens is 455 g/mol. The maximum Gasteiger partial charge on any atom is 0.220 e. The first-order valence-electron chi connectivity index (χ1n) is 12.2. The van der Waals surface area contributed by atoms with Crippen molar-refractivity contribution in [3.05, 3.63) is 95.4 Å². The third-order valence-corrected chi connectivity index (χ3v) is 6.33. The molecule has 1 heterocycles. The van der Waals surface area contributed by atoms with Crippen molar-refractivity contribution in [1.82, 2.24) is 9.88 Å². The predicted molar refractivity (Wildman–Crippen MR) is 141 cm³/mol. The zero-order chi connectivity index (χ0) is 25.7. The molecule has 4 aromatic rings. The van der Waals surface area contributed by atoms with Gasteiger partial charge in [-0.15, -0.1) is 0 Å². The van der Waals surface area contributed by atoms with E-state index in [9.17, 15) is 9.18 Å². The minimum atomic E-state index is -0.253. The third kappa shape index (κ3) is 5.88. The molecule has 5 nitrogen and oxygen atoms in total. The molecule has 36 heavy (non-hydrogen) atoms. The van der Waals surface area contributed by atoms with Gasteiger partial charge in [-0.05, 0) is 52.9 Å². The fourth-order valence-electron chi connectivity index (χ4n) is 4.48. The molecule has 1 amide bonds. The summed E-state index contributed by atoms with van der Waals surface area (Å²) < 4.78 is 26.7.